The van der Waals surface area contributed by atoms with Crippen LogP contribution in [0.3, 0.4) is 0 Å². The Kier molecular flexibility index (Phi) is 3.51. The number of anilines is 2. The standard InChI is InChI=1S/C15H19N3O/c16-15-13-5-6-17-9-12(13)3-4-14(15)18-7-8-19-10-11-1-2-11/h3-6,9,11,18H,1-2,7-8,10,16H2. The van der Waals surface area contributed by atoms with Crippen molar-refractivity contribution in [3.63, 3.8) is 0 Å². The molecule has 1 saturated carbocycles. The maximum absolute atomic E-state index is 6.16. The first-order chi connectivity index (χ1) is 9.34. The van der Waals surface area contributed by atoms with E-state index in [1.807, 2.05) is 24.4 Å². The van der Waals surface area contributed by atoms with Gasteiger partial charge in [0.1, 0.15) is 0 Å². The zero-order valence-electron chi connectivity index (χ0n) is 10.9. The van der Waals surface area contributed by atoms with Gasteiger partial charge in [-0.2, -0.15) is 0 Å². The molecule has 1 fully saturated rings. The zero-order valence-corrected chi connectivity index (χ0v) is 10.9. The molecule has 0 atom stereocenters. The predicted molar refractivity (Wildman–Crippen MR) is 78.2 cm³/mol. The molecule has 0 spiro atoms. The minimum absolute atomic E-state index is 0.727. The van der Waals surface area contributed by atoms with Gasteiger partial charge in [0.2, 0.25) is 0 Å². The second-order valence-electron chi connectivity index (χ2n) is 5.07. The first-order valence-electron chi connectivity index (χ1n) is 6.78. The molecule has 1 aromatic carbocycles. The highest BCUT2D eigenvalue weighted by molar-refractivity contribution is 5.98. The molecular formula is C15H19N3O. The quantitative estimate of drug-likeness (QED) is 0.617. The fourth-order valence-electron chi connectivity index (χ4n) is 2.14. The molecule has 19 heavy (non-hydrogen) atoms. The number of hydrogen-bond acceptors (Lipinski definition) is 4. The van der Waals surface area contributed by atoms with Crippen LogP contribution < -0.4 is 11.1 Å². The van der Waals surface area contributed by atoms with Crippen LogP contribution in [0, 0.1) is 5.92 Å². The highest BCUT2D eigenvalue weighted by Gasteiger charge is 2.20. The Labute approximate surface area is 113 Å². The van der Waals surface area contributed by atoms with Crippen LogP contribution in [0.15, 0.2) is 30.6 Å². The lowest BCUT2D eigenvalue weighted by Gasteiger charge is -2.11. The molecule has 1 aliphatic rings. The molecule has 4 heteroatoms. The van der Waals surface area contributed by atoms with Crippen LogP contribution in [0.25, 0.3) is 10.8 Å². The van der Waals surface area contributed by atoms with Gasteiger partial charge in [-0.05, 0) is 30.9 Å². The van der Waals surface area contributed by atoms with E-state index < -0.39 is 0 Å². The number of pyridine rings is 1. The van der Waals surface area contributed by atoms with E-state index in [2.05, 4.69) is 10.3 Å². The third-order valence-electron chi connectivity index (χ3n) is 3.47. The molecule has 3 rings (SSSR count). The maximum Gasteiger partial charge on any atom is 0.0639 e. The third-order valence-corrected chi connectivity index (χ3v) is 3.47. The average molecular weight is 257 g/mol. The summed E-state index contributed by atoms with van der Waals surface area (Å²) in [7, 11) is 0. The van der Waals surface area contributed by atoms with Crippen molar-refractivity contribution < 1.29 is 4.74 Å². The molecule has 0 radical (unpaired) electrons. The van der Waals surface area contributed by atoms with Crippen molar-refractivity contribution in [2.75, 3.05) is 30.8 Å². The second-order valence-corrected chi connectivity index (χ2v) is 5.07. The molecule has 4 nitrogen and oxygen atoms in total. The molecule has 0 amide bonds. The fraction of sp³-hybridized carbons (Fsp3) is 0.400. The maximum atomic E-state index is 6.16. The molecule has 0 unspecified atom stereocenters. The van der Waals surface area contributed by atoms with Gasteiger partial charge in [0.05, 0.1) is 18.0 Å². The minimum atomic E-state index is 0.727. The van der Waals surface area contributed by atoms with Crippen LogP contribution in [-0.2, 0) is 4.74 Å². The lowest BCUT2D eigenvalue weighted by Crippen LogP contribution is -2.11. The number of nitrogens with zero attached hydrogens (tertiary/aromatic N) is 1. The molecule has 0 saturated heterocycles. The van der Waals surface area contributed by atoms with Gasteiger partial charge >= 0.3 is 0 Å². The Bertz CT molecular complexity index is 566. The molecule has 0 bridgehead atoms. The van der Waals surface area contributed by atoms with E-state index in [4.69, 9.17) is 10.5 Å². The van der Waals surface area contributed by atoms with Crippen LogP contribution >= 0.6 is 0 Å². The van der Waals surface area contributed by atoms with E-state index >= 15 is 0 Å². The van der Waals surface area contributed by atoms with Gasteiger partial charge in [-0.3, -0.25) is 4.98 Å². The van der Waals surface area contributed by atoms with Crippen molar-refractivity contribution in [1.29, 1.82) is 0 Å². The first-order valence-corrected chi connectivity index (χ1v) is 6.78. The van der Waals surface area contributed by atoms with Crippen LogP contribution in [0.2, 0.25) is 0 Å². The number of hydrogen-bond donors (Lipinski definition) is 2. The minimum Gasteiger partial charge on any atom is -0.397 e. The monoisotopic (exact) mass is 257 g/mol. The van der Waals surface area contributed by atoms with Crippen molar-refractivity contribution in [1.82, 2.24) is 4.98 Å². The van der Waals surface area contributed by atoms with Crippen LogP contribution in [0.4, 0.5) is 11.4 Å². The summed E-state index contributed by atoms with van der Waals surface area (Å²) in [6, 6.07) is 5.98. The molecule has 1 heterocycles. The highest BCUT2D eigenvalue weighted by atomic mass is 16.5. The molecule has 1 aliphatic carbocycles. The summed E-state index contributed by atoms with van der Waals surface area (Å²) in [5.41, 5.74) is 7.91. The molecule has 100 valence electrons. The fourth-order valence-corrected chi connectivity index (χ4v) is 2.14. The largest absolute Gasteiger partial charge is 0.397 e. The van der Waals surface area contributed by atoms with E-state index in [1.165, 1.54) is 12.8 Å². The summed E-state index contributed by atoms with van der Waals surface area (Å²) < 4.78 is 5.59. The smallest absolute Gasteiger partial charge is 0.0639 e. The molecule has 0 aliphatic heterocycles. The average Bonchev–Trinajstić information content (AvgIpc) is 3.25. The number of benzene rings is 1. The van der Waals surface area contributed by atoms with Gasteiger partial charge < -0.3 is 15.8 Å². The van der Waals surface area contributed by atoms with E-state index in [0.29, 0.717) is 0 Å². The topological polar surface area (TPSA) is 60.2 Å². The van der Waals surface area contributed by atoms with Crippen LogP contribution in [-0.4, -0.2) is 24.7 Å². The molecule has 3 N–H and O–H groups in total. The second kappa shape index (κ2) is 5.45. The Morgan fingerprint density at radius 3 is 3.05 bits per heavy atom. The van der Waals surface area contributed by atoms with Crippen LogP contribution in [0.5, 0.6) is 0 Å². The van der Waals surface area contributed by atoms with Gasteiger partial charge in [-0.25, -0.2) is 0 Å². The third kappa shape index (κ3) is 2.96. The van der Waals surface area contributed by atoms with E-state index in [0.717, 1.165) is 47.8 Å². The Balaban J connectivity index is 1.58. The van der Waals surface area contributed by atoms with Gasteiger partial charge in [-0.15, -0.1) is 0 Å². The number of nitrogens with one attached hydrogen (secondary N) is 1. The van der Waals surface area contributed by atoms with Gasteiger partial charge in [-0.1, -0.05) is 6.07 Å². The van der Waals surface area contributed by atoms with Crippen molar-refractivity contribution in [2.45, 2.75) is 12.8 Å². The highest BCUT2D eigenvalue weighted by Crippen LogP contribution is 2.29. The Morgan fingerprint density at radius 1 is 1.32 bits per heavy atom. The Morgan fingerprint density at radius 2 is 2.21 bits per heavy atom. The lowest BCUT2D eigenvalue weighted by atomic mass is 10.1. The molecule has 1 aromatic heterocycles. The van der Waals surface area contributed by atoms with Crippen molar-refractivity contribution >= 4 is 22.1 Å². The number of nitrogens with two attached hydrogens (primary N) is 1. The van der Waals surface area contributed by atoms with Gasteiger partial charge in [0, 0.05) is 36.3 Å². The molecular weight excluding hydrogens is 238 g/mol. The van der Waals surface area contributed by atoms with E-state index in [9.17, 15) is 0 Å². The number of aromatic nitrogens is 1. The van der Waals surface area contributed by atoms with Crippen molar-refractivity contribution in [2.24, 2.45) is 5.92 Å². The summed E-state index contributed by atoms with van der Waals surface area (Å²) in [6.45, 7) is 2.42. The summed E-state index contributed by atoms with van der Waals surface area (Å²) >= 11 is 0. The number of fused-ring (bicyclic) bond motifs is 1. The van der Waals surface area contributed by atoms with Gasteiger partial charge in [0.25, 0.3) is 0 Å². The first kappa shape index (κ1) is 12.2. The number of rotatable bonds is 6. The van der Waals surface area contributed by atoms with Gasteiger partial charge in [0.15, 0.2) is 0 Å². The SMILES string of the molecule is Nc1c(NCCOCC2CC2)ccc2cnccc12. The normalized spacial score (nSPS) is 14.7. The number of ether oxygens (including phenoxy) is 1. The zero-order chi connectivity index (χ0) is 13.1. The lowest BCUT2D eigenvalue weighted by molar-refractivity contribution is 0.134. The molecule has 2 aromatic rings. The number of nitrogen functional groups attached to an aromatic ring is 1. The summed E-state index contributed by atoms with van der Waals surface area (Å²) in [5, 5.41) is 5.43. The summed E-state index contributed by atoms with van der Waals surface area (Å²) in [4.78, 5) is 4.10. The Hall–Kier alpha value is -1.81. The van der Waals surface area contributed by atoms with Crippen LogP contribution in [0.1, 0.15) is 12.8 Å². The summed E-state index contributed by atoms with van der Waals surface area (Å²) in [5.74, 6) is 0.818. The van der Waals surface area contributed by atoms with E-state index in [1.54, 1.807) is 6.20 Å². The van der Waals surface area contributed by atoms with Crippen molar-refractivity contribution in [3.05, 3.63) is 30.6 Å². The summed E-state index contributed by atoms with van der Waals surface area (Å²) in [6.07, 6.45) is 6.26. The predicted octanol–water partition coefficient (Wildman–Crippen LogP) is 2.66. The van der Waals surface area contributed by atoms with Crippen molar-refractivity contribution in [3.8, 4) is 0 Å². The van der Waals surface area contributed by atoms with E-state index in [-0.39, 0.29) is 0 Å².